The van der Waals surface area contributed by atoms with E-state index in [1.807, 2.05) is 24.3 Å². The second-order valence-electron chi connectivity index (χ2n) is 5.95. The third kappa shape index (κ3) is 4.38. The lowest BCUT2D eigenvalue weighted by Gasteiger charge is -2.35. The Bertz CT molecular complexity index is 579. The van der Waals surface area contributed by atoms with Crippen LogP contribution in [0.3, 0.4) is 0 Å². The summed E-state index contributed by atoms with van der Waals surface area (Å²) in [6, 6.07) is 7.59. The van der Waals surface area contributed by atoms with Crippen molar-refractivity contribution in [1.82, 2.24) is 9.80 Å². The second-order valence-corrected chi connectivity index (χ2v) is 7.20. The first-order valence-electron chi connectivity index (χ1n) is 8.20. The molecule has 0 aromatic heterocycles. The Labute approximate surface area is 155 Å². The zero-order valence-electron chi connectivity index (χ0n) is 13.4. The minimum absolute atomic E-state index is 0.0281. The predicted molar refractivity (Wildman–Crippen MR) is 96.8 cm³/mol. The van der Waals surface area contributed by atoms with Crippen molar-refractivity contribution in [2.24, 2.45) is 0 Å². The van der Waals surface area contributed by atoms with Crippen molar-refractivity contribution >= 4 is 34.4 Å². The Morgan fingerprint density at radius 2 is 1.79 bits per heavy atom. The summed E-state index contributed by atoms with van der Waals surface area (Å²) in [5.74, 6) is 0.712. The molecule has 2 heterocycles. The molecule has 130 valence electrons. The van der Waals surface area contributed by atoms with Crippen LogP contribution >= 0.6 is 22.6 Å². The van der Waals surface area contributed by atoms with E-state index in [4.69, 9.17) is 9.47 Å². The van der Waals surface area contributed by atoms with E-state index in [-0.39, 0.29) is 24.5 Å². The molecule has 0 saturated carbocycles. The molecule has 2 aliphatic heterocycles. The summed E-state index contributed by atoms with van der Waals surface area (Å²) in [6.45, 7) is 2.92. The van der Waals surface area contributed by atoms with Gasteiger partial charge < -0.3 is 19.3 Å². The lowest BCUT2D eigenvalue weighted by atomic mass is 10.2. The van der Waals surface area contributed by atoms with Gasteiger partial charge in [0.25, 0.3) is 11.8 Å². The van der Waals surface area contributed by atoms with Crippen LogP contribution in [0, 0.1) is 3.57 Å². The molecule has 7 heteroatoms. The first-order chi connectivity index (χ1) is 11.6. The maximum absolute atomic E-state index is 12.3. The van der Waals surface area contributed by atoms with Gasteiger partial charge in [0.15, 0.2) is 6.61 Å². The van der Waals surface area contributed by atoms with Crippen molar-refractivity contribution < 1.29 is 19.1 Å². The first-order valence-corrected chi connectivity index (χ1v) is 9.28. The average Bonchev–Trinajstić information content (AvgIpc) is 3.15. The van der Waals surface area contributed by atoms with Gasteiger partial charge in [-0.15, -0.1) is 0 Å². The van der Waals surface area contributed by atoms with Gasteiger partial charge in [0.2, 0.25) is 0 Å². The van der Waals surface area contributed by atoms with Gasteiger partial charge in [0.1, 0.15) is 11.9 Å². The molecule has 3 rings (SSSR count). The summed E-state index contributed by atoms with van der Waals surface area (Å²) < 4.78 is 12.1. The fourth-order valence-electron chi connectivity index (χ4n) is 2.92. The van der Waals surface area contributed by atoms with Crippen molar-refractivity contribution in [2.45, 2.75) is 18.9 Å². The lowest BCUT2D eigenvalue weighted by molar-refractivity contribution is -0.146. The molecule has 2 saturated heterocycles. The lowest BCUT2D eigenvalue weighted by Crippen LogP contribution is -2.53. The highest BCUT2D eigenvalue weighted by molar-refractivity contribution is 14.1. The molecule has 1 atom stereocenters. The first kappa shape index (κ1) is 17.5. The number of piperazine rings is 1. The highest BCUT2D eigenvalue weighted by Crippen LogP contribution is 2.16. The average molecular weight is 444 g/mol. The quantitative estimate of drug-likeness (QED) is 0.662. The highest BCUT2D eigenvalue weighted by Gasteiger charge is 2.31. The molecule has 6 nitrogen and oxygen atoms in total. The van der Waals surface area contributed by atoms with Crippen LogP contribution in [0.5, 0.6) is 5.75 Å². The summed E-state index contributed by atoms with van der Waals surface area (Å²) in [5, 5.41) is 0. The molecule has 0 aliphatic carbocycles. The molecular weight excluding hydrogens is 423 g/mol. The van der Waals surface area contributed by atoms with E-state index in [1.165, 1.54) is 0 Å². The van der Waals surface area contributed by atoms with Gasteiger partial charge in [0, 0.05) is 36.4 Å². The van der Waals surface area contributed by atoms with Crippen LogP contribution in [0.25, 0.3) is 0 Å². The van der Waals surface area contributed by atoms with Crippen molar-refractivity contribution in [3.63, 3.8) is 0 Å². The zero-order chi connectivity index (χ0) is 16.9. The van der Waals surface area contributed by atoms with Gasteiger partial charge in [-0.3, -0.25) is 9.59 Å². The number of hydrogen-bond donors (Lipinski definition) is 0. The Kier molecular flexibility index (Phi) is 5.94. The Hall–Kier alpha value is -1.35. The molecule has 1 aromatic carbocycles. The largest absolute Gasteiger partial charge is 0.484 e. The van der Waals surface area contributed by atoms with Crippen molar-refractivity contribution in [3.8, 4) is 5.75 Å². The minimum atomic E-state index is -0.281. The van der Waals surface area contributed by atoms with E-state index in [2.05, 4.69) is 22.6 Å². The zero-order valence-corrected chi connectivity index (χ0v) is 15.6. The summed E-state index contributed by atoms with van der Waals surface area (Å²) in [6.07, 6.45) is 1.48. The fraction of sp³-hybridized carbons (Fsp3) is 0.529. The van der Waals surface area contributed by atoms with Crippen LogP contribution in [0.4, 0.5) is 0 Å². The number of halogens is 1. The number of nitrogens with zero attached hydrogens (tertiary/aromatic N) is 2. The molecule has 24 heavy (non-hydrogen) atoms. The number of rotatable bonds is 4. The Morgan fingerprint density at radius 3 is 2.42 bits per heavy atom. The number of ether oxygens (including phenoxy) is 2. The minimum Gasteiger partial charge on any atom is -0.484 e. The third-order valence-corrected chi connectivity index (χ3v) is 5.04. The molecular formula is C17H21IN2O4. The number of amides is 2. The van der Waals surface area contributed by atoms with Crippen LogP contribution in [-0.2, 0) is 14.3 Å². The number of carbonyl (C=O) groups excluding carboxylic acids is 2. The van der Waals surface area contributed by atoms with Gasteiger partial charge in [-0.25, -0.2) is 0 Å². The molecule has 0 spiro atoms. The number of carbonyl (C=O) groups is 2. The van der Waals surface area contributed by atoms with Crippen LogP contribution < -0.4 is 4.74 Å². The third-order valence-electron chi connectivity index (χ3n) is 4.33. The summed E-state index contributed by atoms with van der Waals surface area (Å²) in [7, 11) is 0. The maximum atomic E-state index is 12.3. The summed E-state index contributed by atoms with van der Waals surface area (Å²) in [5.41, 5.74) is 0. The number of benzene rings is 1. The van der Waals surface area contributed by atoms with E-state index in [9.17, 15) is 9.59 Å². The van der Waals surface area contributed by atoms with Crippen LogP contribution in [-0.4, -0.2) is 67.1 Å². The van der Waals surface area contributed by atoms with E-state index >= 15 is 0 Å². The molecule has 1 unspecified atom stereocenters. The standard InChI is InChI=1S/C17H21IN2O4/c18-13-3-5-14(6-4-13)24-12-16(21)19-7-9-20(10-8-19)17(22)15-2-1-11-23-15/h3-6,15H,1-2,7-12H2. The maximum Gasteiger partial charge on any atom is 0.260 e. The topological polar surface area (TPSA) is 59.1 Å². The van der Waals surface area contributed by atoms with E-state index in [0.717, 1.165) is 16.4 Å². The Balaban J connectivity index is 1.43. The van der Waals surface area contributed by atoms with Crippen molar-refractivity contribution in [1.29, 1.82) is 0 Å². The van der Waals surface area contributed by atoms with E-state index in [0.29, 0.717) is 38.5 Å². The van der Waals surface area contributed by atoms with Gasteiger partial charge in [0.05, 0.1) is 0 Å². The Morgan fingerprint density at radius 1 is 1.12 bits per heavy atom. The molecule has 1 aromatic rings. The SMILES string of the molecule is O=C(COc1ccc(I)cc1)N1CCN(C(=O)C2CCCO2)CC1. The van der Waals surface area contributed by atoms with Crippen molar-refractivity contribution in [3.05, 3.63) is 27.8 Å². The van der Waals surface area contributed by atoms with Gasteiger partial charge in [-0.2, -0.15) is 0 Å². The molecule has 0 radical (unpaired) electrons. The van der Waals surface area contributed by atoms with Crippen LogP contribution in [0.2, 0.25) is 0 Å². The summed E-state index contributed by atoms with van der Waals surface area (Å²) >= 11 is 2.22. The normalized spacial score (nSPS) is 21.0. The second kappa shape index (κ2) is 8.15. The molecule has 2 amide bonds. The van der Waals surface area contributed by atoms with Crippen LogP contribution in [0.15, 0.2) is 24.3 Å². The fourth-order valence-corrected chi connectivity index (χ4v) is 3.28. The molecule has 0 bridgehead atoms. The monoisotopic (exact) mass is 444 g/mol. The van der Waals surface area contributed by atoms with E-state index in [1.54, 1.807) is 9.80 Å². The predicted octanol–water partition coefficient (Wildman–Crippen LogP) is 1.52. The molecule has 2 fully saturated rings. The van der Waals surface area contributed by atoms with Gasteiger partial charge >= 0.3 is 0 Å². The molecule has 0 N–H and O–H groups in total. The van der Waals surface area contributed by atoms with Gasteiger partial charge in [-0.05, 0) is 59.7 Å². The number of hydrogen-bond acceptors (Lipinski definition) is 4. The van der Waals surface area contributed by atoms with Crippen LogP contribution in [0.1, 0.15) is 12.8 Å². The highest BCUT2D eigenvalue weighted by atomic mass is 127. The van der Waals surface area contributed by atoms with Gasteiger partial charge in [-0.1, -0.05) is 0 Å². The molecule has 2 aliphatic rings. The smallest absolute Gasteiger partial charge is 0.260 e. The van der Waals surface area contributed by atoms with E-state index < -0.39 is 0 Å². The van der Waals surface area contributed by atoms with Crippen molar-refractivity contribution in [2.75, 3.05) is 39.4 Å². The summed E-state index contributed by atoms with van der Waals surface area (Å²) in [4.78, 5) is 28.1.